The molecule has 0 bridgehead atoms. The number of carbonyl (C=O) groups is 2. The Kier molecular flexibility index (Phi) is 19.0. The Morgan fingerprint density at radius 2 is 1.53 bits per heavy atom. The van der Waals surface area contributed by atoms with E-state index in [0.29, 0.717) is 32.3 Å². The average Bonchev–Trinajstić information content (AvgIpc) is 2.87. The van der Waals surface area contributed by atoms with Crippen LogP contribution in [0, 0.1) is 5.92 Å². The fourth-order valence-electron chi connectivity index (χ4n) is 3.99. The van der Waals surface area contributed by atoms with Crippen LogP contribution in [0.5, 0.6) is 0 Å². The number of ether oxygens (including phenoxy) is 2. The van der Waals surface area contributed by atoms with Crippen LogP contribution < -0.4 is 0 Å². The lowest BCUT2D eigenvalue weighted by Gasteiger charge is -2.21. The molecule has 0 saturated heterocycles. The molecule has 0 aliphatic heterocycles. The molecule has 0 radical (unpaired) electrons. The molecule has 0 heterocycles. The molecule has 0 amide bonds. The molecular weight excluding hydrogens is 452 g/mol. The highest BCUT2D eigenvalue weighted by atomic mass is 16.7. The van der Waals surface area contributed by atoms with E-state index < -0.39 is 24.1 Å². The molecule has 0 aromatic heterocycles. The van der Waals surface area contributed by atoms with Gasteiger partial charge in [-0.1, -0.05) is 87.7 Å². The van der Waals surface area contributed by atoms with Crippen LogP contribution in [0.4, 0.5) is 4.79 Å². The van der Waals surface area contributed by atoms with Crippen molar-refractivity contribution in [2.45, 2.75) is 110 Å². The standard InChI is InChI=1S/C31H48O5/c1-3-5-7-8-9-10-11-12-13-14-15-19-22-29(36-31(34)35-25-6-4-2)26-28(30(32)33)24-23-27-20-17-16-18-21-27/h9-10,12-13,16-18,20-21,28-29H,3-8,11,14-15,19,22-26H2,1-2H3,(H,32,33). The van der Waals surface area contributed by atoms with Crippen LogP contribution in [-0.4, -0.2) is 29.9 Å². The molecule has 0 aliphatic rings. The van der Waals surface area contributed by atoms with Gasteiger partial charge in [-0.15, -0.1) is 0 Å². The fraction of sp³-hybridized carbons (Fsp3) is 0.613. The van der Waals surface area contributed by atoms with Gasteiger partial charge in [0.25, 0.3) is 0 Å². The Bertz CT molecular complexity index is 741. The number of carboxylic acids is 1. The van der Waals surface area contributed by atoms with Crippen molar-refractivity contribution in [3.05, 3.63) is 60.2 Å². The van der Waals surface area contributed by atoms with E-state index in [1.807, 2.05) is 37.3 Å². The van der Waals surface area contributed by atoms with Gasteiger partial charge in [0.2, 0.25) is 0 Å². The Balaban J connectivity index is 2.49. The predicted molar refractivity (Wildman–Crippen MR) is 147 cm³/mol. The van der Waals surface area contributed by atoms with Gasteiger partial charge in [0.15, 0.2) is 0 Å². The third-order valence-corrected chi connectivity index (χ3v) is 6.23. The minimum Gasteiger partial charge on any atom is -0.481 e. The summed E-state index contributed by atoms with van der Waals surface area (Å²) in [6.07, 6.45) is 20.3. The summed E-state index contributed by atoms with van der Waals surface area (Å²) in [6.45, 7) is 4.58. The number of aliphatic carboxylic acids is 1. The second-order valence-electron chi connectivity index (χ2n) is 9.45. The quantitative estimate of drug-likeness (QED) is 0.104. The van der Waals surface area contributed by atoms with E-state index >= 15 is 0 Å². The summed E-state index contributed by atoms with van der Waals surface area (Å²) in [6, 6.07) is 9.89. The van der Waals surface area contributed by atoms with Crippen molar-refractivity contribution in [3.8, 4) is 0 Å². The number of unbranched alkanes of at least 4 members (excludes halogenated alkanes) is 6. The van der Waals surface area contributed by atoms with Crippen molar-refractivity contribution >= 4 is 12.1 Å². The molecular formula is C31H48O5. The predicted octanol–water partition coefficient (Wildman–Crippen LogP) is 8.68. The lowest BCUT2D eigenvalue weighted by Crippen LogP contribution is -2.26. The van der Waals surface area contributed by atoms with Crippen molar-refractivity contribution in [3.63, 3.8) is 0 Å². The highest BCUT2D eigenvalue weighted by Gasteiger charge is 2.25. The van der Waals surface area contributed by atoms with Gasteiger partial charge in [-0.05, 0) is 76.2 Å². The van der Waals surface area contributed by atoms with E-state index in [2.05, 4.69) is 31.2 Å². The van der Waals surface area contributed by atoms with Crippen molar-refractivity contribution in [2.75, 3.05) is 6.61 Å². The van der Waals surface area contributed by atoms with Gasteiger partial charge >= 0.3 is 12.1 Å². The second kappa shape index (κ2) is 21.7. The molecule has 0 aliphatic carbocycles. The van der Waals surface area contributed by atoms with Crippen LogP contribution in [0.25, 0.3) is 0 Å². The zero-order chi connectivity index (χ0) is 26.3. The van der Waals surface area contributed by atoms with Crippen LogP contribution in [0.3, 0.4) is 0 Å². The second-order valence-corrected chi connectivity index (χ2v) is 9.45. The van der Waals surface area contributed by atoms with Crippen molar-refractivity contribution in [1.29, 1.82) is 0 Å². The Hall–Kier alpha value is -2.56. The maximum absolute atomic E-state index is 12.2. The van der Waals surface area contributed by atoms with Gasteiger partial charge in [-0.3, -0.25) is 4.79 Å². The molecule has 5 nitrogen and oxygen atoms in total. The summed E-state index contributed by atoms with van der Waals surface area (Å²) in [5.74, 6) is -1.41. The average molecular weight is 501 g/mol. The van der Waals surface area contributed by atoms with E-state index in [1.165, 1.54) is 19.3 Å². The van der Waals surface area contributed by atoms with E-state index in [-0.39, 0.29) is 0 Å². The topological polar surface area (TPSA) is 72.8 Å². The highest BCUT2D eigenvalue weighted by molar-refractivity contribution is 5.70. The highest BCUT2D eigenvalue weighted by Crippen LogP contribution is 2.22. The number of aryl methyl sites for hydroxylation is 1. The molecule has 1 aromatic carbocycles. The van der Waals surface area contributed by atoms with Gasteiger partial charge < -0.3 is 14.6 Å². The summed E-state index contributed by atoms with van der Waals surface area (Å²) in [4.78, 5) is 24.1. The molecule has 2 atom stereocenters. The molecule has 1 rings (SSSR count). The van der Waals surface area contributed by atoms with E-state index in [0.717, 1.165) is 50.5 Å². The van der Waals surface area contributed by atoms with Gasteiger partial charge in [0, 0.05) is 0 Å². The fourth-order valence-corrected chi connectivity index (χ4v) is 3.99. The zero-order valence-electron chi connectivity index (χ0n) is 22.5. The summed E-state index contributed by atoms with van der Waals surface area (Å²) >= 11 is 0. The monoisotopic (exact) mass is 500 g/mol. The number of benzene rings is 1. The summed E-state index contributed by atoms with van der Waals surface area (Å²) in [7, 11) is 0. The lowest BCUT2D eigenvalue weighted by atomic mass is 9.92. The molecule has 5 heteroatoms. The third kappa shape index (κ3) is 17.0. The van der Waals surface area contributed by atoms with Gasteiger partial charge in [-0.25, -0.2) is 4.79 Å². The SMILES string of the molecule is CCCCCC=CCC=CCCCCC(CC(CCc1ccccc1)C(=O)O)OC(=O)OCCCC. The van der Waals surface area contributed by atoms with Crippen LogP contribution >= 0.6 is 0 Å². The first-order valence-corrected chi connectivity index (χ1v) is 14.0. The first kappa shape index (κ1) is 31.5. The number of carbonyl (C=O) groups excluding carboxylic acids is 1. The molecule has 0 fully saturated rings. The Labute approximate surface area is 219 Å². The first-order chi connectivity index (χ1) is 17.6. The number of rotatable bonds is 21. The van der Waals surface area contributed by atoms with Gasteiger partial charge in [-0.2, -0.15) is 0 Å². The van der Waals surface area contributed by atoms with E-state index in [1.54, 1.807) is 0 Å². The Morgan fingerprint density at radius 1 is 0.861 bits per heavy atom. The number of allylic oxidation sites excluding steroid dienone is 4. The first-order valence-electron chi connectivity index (χ1n) is 14.0. The van der Waals surface area contributed by atoms with Crippen LogP contribution in [0.2, 0.25) is 0 Å². The largest absolute Gasteiger partial charge is 0.508 e. The third-order valence-electron chi connectivity index (χ3n) is 6.23. The van der Waals surface area contributed by atoms with Crippen molar-refractivity contribution < 1.29 is 24.2 Å². The maximum Gasteiger partial charge on any atom is 0.508 e. The maximum atomic E-state index is 12.2. The normalized spacial score (nSPS) is 13.2. The molecule has 202 valence electrons. The van der Waals surface area contributed by atoms with Crippen LogP contribution in [-0.2, 0) is 20.7 Å². The molecule has 0 saturated carbocycles. The molecule has 1 N–H and O–H groups in total. The van der Waals surface area contributed by atoms with Crippen molar-refractivity contribution in [1.82, 2.24) is 0 Å². The zero-order valence-corrected chi connectivity index (χ0v) is 22.5. The number of hydrogen-bond acceptors (Lipinski definition) is 4. The number of hydrogen-bond donors (Lipinski definition) is 1. The summed E-state index contributed by atoms with van der Waals surface area (Å²) in [5.41, 5.74) is 1.11. The van der Waals surface area contributed by atoms with Crippen LogP contribution in [0.15, 0.2) is 54.6 Å². The van der Waals surface area contributed by atoms with Gasteiger partial charge in [0.05, 0.1) is 12.5 Å². The molecule has 1 aromatic rings. The smallest absolute Gasteiger partial charge is 0.481 e. The van der Waals surface area contributed by atoms with Crippen LogP contribution in [0.1, 0.15) is 103 Å². The molecule has 2 unspecified atom stereocenters. The van der Waals surface area contributed by atoms with Crippen molar-refractivity contribution in [2.24, 2.45) is 5.92 Å². The van der Waals surface area contributed by atoms with Gasteiger partial charge in [0.1, 0.15) is 6.10 Å². The molecule has 36 heavy (non-hydrogen) atoms. The summed E-state index contributed by atoms with van der Waals surface area (Å²) < 4.78 is 10.7. The Morgan fingerprint density at radius 3 is 2.17 bits per heavy atom. The van der Waals surface area contributed by atoms with E-state index in [4.69, 9.17) is 9.47 Å². The molecule has 0 spiro atoms. The minimum atomic E-state index is -0.843. The van der Waals surface area contributed by atoms with E-state index in [9.17, 15) is 14.7 Å². The minimum absolute atomic E-state index is 0.309. The number of carboxylic acid groups (broad SMARTS) is 1. The lowest BCUT2D eigenvalue weighted by molar-refractivity contribution is -0.143. The summed E-state index contributed by atoms with van der Waals surface area (Å²) in [5, 5.41) is 9.79.